The Labute approximate surface area is 124 Å². The minimum atomic E-state index is -0.276. The molecule has 0 aliphatic carbocycles. The first-order valence-corrected chi connectivity index (χ1v) is 6.57. The average molecular weight is 296 g/mol. The Kier molecular flexibility index (Phi) is 3.36. The SMILES string of the molecule is Cc1noc(C)c1-c1ccc2nc(CN=[N+]=[N-])[nH]c(=O)c2c1. The second-order valence-corrected chi connectivity index (χ2v) is 4.83. The number of azide groups is 1. The lowest BCUT2D eigenvalue weighted by atomic mass is 10.0. The van der Waals surface area contributed by atoms with Crippen molar-refractivity contribution in [2.75, 3.05) is 0 Å². The lowest BCUT2D eigenvalue weighted by Crippen LogP contribution is -2.11. The van der Waals surface area contributed by atoms with Gasteiger partial charge >= 0.3 is 0 Å². The Hall–Kier alpha value is -3.12. The molecule has 2 aromatic heterocycles. The van der Waals surface area contributed by atoms with Gasteiger partial charge < -0.3 is 9.51 Å². The summed E-state index contributed by atoms with van der Waals surface area (Å²) in [4.78, 5) is 21.7. The van der Waals surface area contributed by atoms with Gasteiger partial charge in [0.25, 0.3) is 5.56 Å². The standard InChI is InChI=1S/C14H12N6O2/c1-7-13(8(2)22-19-7)9-3-4-11-10(5-9)14(21)18-12(17-11)6-16-20-15/h3-5H,6H2,1-2H3,(H,17,18,21). The lowest BCUT2D eigenvalue weighted by molar-refractivity contribution is 0.393. The molecule has 0 aliphatic heterocycles. The second kappa shape index (κ2) is 5.34. The number of rotatable bonds is 3. The molecule has 0 saturated heterocycles. The Morgan fingerprint density at radius 3 is 2.91 bits per heavy atom. The molecule has 0 spiro atoms. The molecule has 110 valence electrons. The monoisotopic (exact) mass is 296 g/mol. The van der Waals surface area contributed by atoms with E-state index >= 15 is 0 Å². The van der Waals surface area contributed by atoms with Gasteiger partial charge in [0.15, 0.2) is 0 Å². The van der Waals surface area contributed by atoms with Gasteiger partial charge in [-0.05, 0) is 37.1 Å². The van der Waals surface area contributed by atoms with E-state index in [0.717, 1.165) is 16.8 Å². The zero-order valence-corrected chi connectivity index (χ0v) is 12.0. The predicted molar refractivity (Wildman–Crippen MR) is 80.2 cm³/mol. The number of nitrogens with one attached hydrogen (secondary N) is 1. The van der Waals surface area contributed by atoms with Crippen molar-refractivity contribution in [3.05, 3.63) is 56.3 Å². The minimum absolute atomic E-state index is 0.00724. The van der Waals surface area contributed by atoms with E-state index < -0.39 is 0 Å². The zero-order valence-electron chi connectivity index (χ0n) is 12.0. The third-order valence-corrected chi connectivity index (χ3v) is 3.36. The van der Waals surface area contributed by atoms with Gasteiger partial charge in [-0.3, -0.25) is 4.79 Å². The van der Waals surface area contributed by atoms with Gasteiger partial charge in [0.05, 0.1) is 23.1 Å². The molecule has 2 heterocycles. The first kappa shape index (κ1) is 13.8. The maximum absolute atomic E-state index is 12.2. The molecule has 8 heteroatoms. The van der Waals surface area contributed by atoms with Crippen LogP contribution in [0.5, 0.6) is 0 Å². The Morgan fingerprint density at radius 2 is 2.23 bits per heavy atom. The van der Waals surface area contributed by atoms with Crippen molar-refractivity contribution in [1.82, 2.24) is 15.1 Å². The van der Waals surface area contributed by atoms with Crippen molar-refractivity contribution in [3.8, 4) is 11.1 Å². The highest BCUT2D eigenvalue weighted by Crippen LogP contribution is 2.28. The number of nitrogens with zero attached hydrogens (tertiary/aromatic N) is 5. The average Bonchev–Trinajstić information content (AvgIpc) is 2.84. The van der Waals surface area contributed by atoms with E-state index in [0.29, 0.717) is 22.5 Å². The maximum Gasteiger partial charge on any atom is 0.258 e. The molecule has 0 amide bonds. The van der Waals surface area contributed by atoms with Gasteiger partial charge in [-0.1, -0.05) is 16.3 Å². The highest BCUT2D eigenvalue weighted by molar-refractivity contribution is 5.84. The van der Waals surface area contributed by atoms with Crippen molar-refractivity contribution in [1.29, 1.82) is 0 Å². The van der Waals surface area contributed by atoms with Crippen LogP contribution >= 0.6 is 0 Å². The van der Waals surface area contributed by atoms with Crippen LogP contribution in [0.2, 0.25) is 0 Å². The van der Waals surface area contributed by atoms with E-state index in [4.69, 9.17) is 10.1 Å². The van der Waals surface area contributed by atoms with Crippen LogP contribution in [0.1, 0.15) is 17.3 Å². The van der Waals surface area contributed by atoms with Crippen molar-refractivity contribution in [2.24, 2.45) is 5.11 Å². The fourth-order valence-corrected chi connectivity index (χ4v) is 2.41. The highest BCUT2D eigenvalue weighted by Gasteiger charge is 2.13. The van der Waals surface area contributed by atoms with Gasteiger partial charge in [-0.15, -0.1) is 0 Å². The highest BCUT2D eigenvalue weighted by atomic mass is 16.5. The van der Waals surface area contributed by atoms with E-state index in [-0.39, 0.29) is 12.1 Å². The summed E-state index contributed by atoms with van der Waals surface area (Å²) in [5.41, 5.74) is 11.1. The molecule has 0 aliphatic rings. The minimum Gasteiger partial charge on any atom is -0.361 e. The molecule has 3 rings (SSSR count). The first-order valence-electron chi connectivity index (χ1n) is 6.57. The van der Waals surface area contributed by atoms with Crippen LogP contribution in [-0.2, 0) is 6.54 Å². The molecule has 1 N–H and O–H groups in total. The van der Waals surface area contributed by atoms with Crippen LogP contribution in [0.3, 0.4) is 0 Å². The van der Waals surface area contributed by atoms with E-state index in [1.54, 1.807) is 12.1 Å². The maximum atomic E-state index is 12.2. The molecular formula is C14H12N6O2. The van der Waals surface area contributed by atoms with Gasteiger partial charge in [0, 0.05) is 10.5 Å². The molecule has 0 unspecified atom stereocenters. The molecule has 0 atom stereocenters. The third-order valence-electron chi connectivity index (χ3n) is 3.36. The number of H-pyrrole nitrogens is 1. The molecule has 0 bridgehead atoms. The van der Waals surface area contributed by atoms with Gasteiger partial charge in [-0.2, -0.15) is 0 Å². The van der Waals surface area contributed by atoms with Crippen LogP contribution in [0.15, 0.2) is 32.6 Å². The fourth-order valence-electron chi connectivity index (χ4n) is 2.41. The smallest absolute Gasteiger partial charge is 0.258 e. The van der Waals surface area contributed by atoms with E-state index in [1.165, 1.54) is 0 Å². The third kappa shape index (κ3) is 2.32. The summed E-state index contributed by atoms with van der Waals surface area (Å²) in [6.07, 6.45) is 0. The Bertz CT molecular complexity index is 946. The van der Waals surface area contributed by atoms with Gasteiger partial charge in [0.1, 0.15) is 11.6 Å². The van der Waals surface area contributed by atoms with E-state index in [1.807, 2.05) is 19.9 Å². The summed E-state index contributed by atoms with van der Waals surface area (Å²) in [6, 6.07) is 5.37. The van der Waals surface area contributed by atoms with Crippen molar-refractivity contribution in [2.45, 2.75) is 20.4 Å². The molecule has 0 saturated carbocycles. The molecular weight excluding hydrogens is 284 g/mol. The number of aromatic amines is 1. The summed E-state index contributed by atoms with van der Waals surface area (Å²) in [5.74, 6) is 1.03. The van der Waals surface area contributed by atoms with Crippen LogP contribution in [0.25, 0.3) is 32.5 Å². The number of hydrogen-bond donors (Lipinski definition) is 1. The van der Waals surface area contributed by atoms with Crippen LogP contribution in [0.4, 0.5) is 0 Å². The fraction of sp³-hybridized carbons (Fsp3) is 0.214. The largest absolute Gasteiger partial charge is 0.361 e. The van der Waals surface area contributed by atoms with Crippen molar-refractivity contribution in [3.63, 3.8) is 0 Å². The first-order chi connectivity index (χ1) is 10.6. The normalized spacial score (nSPS) is 10.6. The van der Waals surface area contributed by atoms with Gasteiger partial charge in [0.2, 0.25) is 0 Å². The second-order valence-electron chi connectivity index (χ2n) is 4.83. The summed E-state index contributed by atoms with van der Waals surface area (Å²) < 4.78 is 5.16. The lowest BCUT2D eigenvalue weighted by Gasteiger charge is -2.04. The van der Waals surface area contributed by atoms with Crippen molar-refractivity contribution < 1.29 is 4.52 Å². The van der Waals surface area contributed by atoms with E-state index in [9.17, 15) is 4.79 Å². The number of aryl methyl sites for hydroxylation is 2. The molecule has 0 fully saturated rings. The van der Waals surface area contributed by atoms with Crippen molar-refractivity contribution >= 4 is 10.9 Å². The topological polar surface area (TPSA) is 121 Å². The summed E-state index contributed by atoms with van der Waals surface area (Å²) in [5, 5.41) is 7.78. The molecule has 8 nitrogen and oxygen atoms in total. The number of benzene rings is 1. The molecule has 3 aromatic rings. The Morgan fingerprint density at radius 1 is 1.41 bits per heavy atom. The molecule has 1 aromatic carbocycles. The summed E-state index contributed by atoms with van der Waals surface area (Å²) >= 11 is 0. The quantitative estimate of drug-likeness (QED) is 0.453. The predicted octanol–water partition coefficient (Wildman–Crippen LogP) is 3.01. The number of aromatic nitrogens is 3. The van der Waals surface area contributed by atoms with Crippen LogP contribution in [0, 0.1) is 13.8 Å². The zero-order chi connectivity index (χ0) is 15.7. The summed E-state index contributed by atoms with van der Waals surface area (Å²) in [6.45, 7) is 3.68. The van der Waals surface area contributed by atoms with E-state index in [2.05, 4.69) is 25.2 Å². The number of fused-ring (bicyclic) bond motifs is 1. The van der Waals surface area contributed by atoms with Crippen LogP contribution in [-0.4, -0.2) is 15.1 Å². The number of hydrogen-bond acceptors (Lipinski definition) is 5. The molecule has 0 radical (unpaired) electrons. The summed E-state index contributed by atoms with van der Waals surface area (Å²) in [7, 11) is 0. The van der Waals surface area contributed by atoms with Gasteiger partial charge in [-0.25, -0.2) is 4.98 Å². The molecule has 22 heavy (non-hydrogen) atoms. The van der Waals surface area contributed by atoms with Crippen LogP contribution < -0.4 is 5.56 Å². The Balaban J connectivity index is 2.17.